The van der Waals surface area contributed by atoms with Gasteiger partial charge in [-0.05, 0) is 17.7 Å². The molecule has 1 aliphatic heterocycles. The number of fused-ring (bicyclic) bond motifs is 1. The lowest BCUT2D eigenvalue weighted by Crippen LogP contribution is -2.39. The zero-order chi connectivity index (χ0) is 19.2. The Kier molecular flexibility index (Phi) is 4.14. The van der Waals surface area contributed by atoms with E-state index in [9.17, 15) is 33.6 Å². The summed E-state index contributed by atoms with van der Waals surface area (Å²) in [6, 6.07) is 6.12. The summed E-state index contributed by atoms with van der Waals surface area (Å²) in [7, 11) is -5.10. The predicted octanol–water partition coefficient (Wildman–Crippen LogP) is 1.01. The van der Waals surface area contributed by atoms with Crippen LogP contribution in [0.15, 0.2) is 30.3 Å². The van der Waals surface area contributed by atoms with Gasteiger partial charge in [0.05, 0.1) is 0 Å². The molecule has 10 nitrogen and oxygen atoms in total. The van der Waals surface area contributed by atoms with Crippen LogP contribution in [-0.2, 0) is 14.6 Å². The van der Waals surface area contributed by atoms with Crippen LogP contribution in [0.25, 0.3) is 0 Å². The molecule has 0 radical (unpaired) electrons. The van der Waals surface area contributed by atoms with Crippen LogP contribution in [-0.4, -0.2) is 45.3 Å². The van der Waals surface area contributed by atoms with Gasteiger partial charge in [-0.3, -0.25) is 9.35 Å². The first-order chi connectivity index (χ1) is 12.1. The van der Waals surface area contributed by atoms with Crippen molar-refractivity contribution in [3.63, 3.8) is 0 Å². The Bertz CT molecular complexity index is 998. The van der Waals surface area contributed by atoms with Gasteiger partial charge in [0.2, 0.25) is 11.5 Å². The lowest BCUT2D eigenvalue weighted by atomic mass is 9.92. The molecule has 1 heterocycles. The molecule has 5 N–H and O–H groups in total. The topological polar surface area (TPSA) is 171 Å². The van der Waals surface area contributed by atoms with Gasteiger partial charge in [0.15, 0.2) is 23.7 Å². The molecule has 2 atom stereocenters. The molecule has 0 amide bonds. The Morgan fingerprint density at radius 1 is 1.04 bits per heavy atom. The monoisotopic (exact) mass is 384 g/mol. The third-order valence-electron chi connectivity index (χ3n) is 3.68. The van der Waals surface area contributed by atoms with Crippen LogP contribution < -0.4 is 4.74 Å². The van der Waals surface area contributed by atoms with Gasteiger partial charge < -0.3 is 25.2 Å². The van der Waals surface area contributed by atoms with E-state index in [0.29, 0.717) is 0 Å². The van der Waals surface area contributed by atoms with Crippen molar-refractivity contribution in [2.24, 2.45) is 0 Å². The number of rotatable bonds is 3. The van der Waals surface area contributed by atoms with E-state index < -0.39 is 51.2 Å². The number of hydrogen-bond acceptors (Lipinski definition) is 9. The number of carbonyl (C=O) groups is 1. The van der Waals surface area contributed by atoms with Crippen molar-refractivity contribution in [1.29, 1.82) is 0 Å². The lowest BCUT2D eigenvalue weighted by Gasteiger charge is -2.32. The van der Waals surface area contributed by atoms with Crippen LogP contribution in [0.5, 0.6) is 28.7 Å². The standard InChI is InChI=1S/C15H12O10S/c16-7-3-1-2-6(4-7)14-15(25-26(21,22)23)13(20)10-9(24-14)5-8(17)11(18)12(10)19/h1-5,14-19H,(H,21,22,23). The maximum atomic E-state index is 12.7. The second kappa shape index (κ2) is 6.05. The van der Waals surface area contributed by atoms with Crippen molar-refractivity contribution in [2.75, 3.05) is 0 Å². The minimum atomic E-state index is -5.10. The predicted molar refractivity (Wildman–Crippen MR) is 83.7 cm³/mol. The number of hydrogen-bond donors (Lipinski definition) is 5. The molecule has 2 aromatic carbocycles. The van der Waals surface area contributed by atoms with Crippen molar-refractivity contribution < 1.29 is 47.1 Å². The van der Waals surface area contributed by atoms with Crippen molar-refractivity contribution in [1.82, 2.24) is 0 Å². The summed E-state index contributed by atoms with van der Waals surface area (Å²) in [5.74, 6) is -4.54. The molecule has 11 heteroatoms. The Labute approximate surface area is 146 Å². The minimum absolute atomic E-state index is 0.115. The summed E-state index contributed by atoms with van der Waals surface area (Å²) in [6.07, 6.45) is -3.42. The normalized spacial score (nSPS) is 19.7. The first kappa shape index (κ1) is 17.8. The summed E-state index contributed by atoms with van der Waals surface area (Å²) < 4.78 is 41.1. The number of phenols is 4. The summed E-state index contributed by atoms with van der Waals surface area (Å²) in [6.45, 7) is 0. The van der Waals surface area contributed by atoms with E-state index in [-0.39, 0.29) is 17.1 Å². The molecule has 0 aliphatic carbocycles. The molecule has 2 unspecified atom stereocenters. The fourth-order valence-corrected chi connectivity index (χ4v) is 3.05. The largest absolute Gasteiger partial charge is 0.508 e. The Balaban J connectivity index is 2.19. The minimum Gasteiger partial charge on any atom is -0.508 e. The number of benzene rings is 2. The van der Waals surface area contributed by atoms with Gasteiger partial charge in [-0.1, -0.05) is 12.1 Å². The maximum Gasteiger partial charge on any atom is 0.398 e. The molecule has 0 bridgehead atoms. The fraction of sp³-hybridized carbons (Fsp3) is 0.133. The molecule has 138 valence electrons. The molecule has 0 aromatic heterocycles. The van der Waals surface area contributed by atoms with Crippen LogP contribution in [0, 0.1) is 0 Å². The number of phenolic OH excluding ortho intramolecular Hbond substituents is 4. The molecule has 0 saturated carbocycles. The van der Waals surface area contributed by atoms with Gasteiger partial charge in [0.1, 0.15) is 17.1 Å². The molecular formula is C15H12O10S. The van der Waals surface area contributed by atoms with Gasteiger partial charge in [0.25, 0.3) is 0 Å². The van der Waals surface area contributed by atoms with Gasteiger partial charge >= 0.3 is 10.4 Å². The molecule has 26 heavy (non-hydrogen) atoms. The van der Waals surface area contributed by atoms with Crippen molar-refractivity contribution in [3.8, 4) is 28.7 Å². The second-order valence-corrected chi connectivity index (χ2v) is 6.46. The highest BCUT2D eigenvalue weighted by Crippen LogP contribution is 2.48. The zero-order valence-electron chi connectivity index (χ0n) is 12.7. The second-order valence-electron chi connectivity index (χ2n) is 5.41. The van der Waals surface area contributed by atoms with Crippen molar-refractivity contribution in [3.05, 3.63) is 41.5 Å². The zero-order valence-corrected chi connectivity index (χ0v) is 13.5. The van der Waals surface area contributed by atoms with E-state index >= 15 is 0 Å². The summed E-state index contributed by atoms with van der Waals surface area (Å²) in [5.41, 5.74) is -0.518. The van der Waals surface area contributed by atoms with Gasteiger partial charge in [-0.15, -0.1) is 0 Å². The van der Waals surface area contributed by atoms with E-state index in [4.69, 9.17) is 9.29 Å². The SMILES string of the molecule is O=C1c2c(cc(O)c(O)c2O)OC(c2cccc(O)c2)C1OS(=O)(=O)O. The van der Waals surface area contributed by atoms with Gasteiger partial charge in [-0.2, -0.15) is 8.42 Å². The van der Waals surface area contributed by atoms with E-state index in [2.05, 4.69) is 4.18 Å². The first-order valence-electron chi connectivity index (χ1n) is 7.02. The third kappa shape index (κ3) is 3.10. The number of ether oxygens (including phenoxy) is 1. The Hall–Kier alpha value is -3.02. The van der Waals surface area contributed by atoms with Gasteiger partial charge in [-0.25, -0.2) is 4.18 Å². The smallest absolute Gasteiger partial charge is 0.398 e. The molecule has 0 fully saturated rings. The van der Waals surface area contributed by atoms with Crippen molar-refractivity contribution >= 4 is 16.2 Å². The molecule has 0 saturated heterocycles. The highest BCUT2D eigenvalue weighted by Gasteiger charge is 2.44. The summed E-state index contributed by atoms with van der Waals surface area (Å²) in [4.78, 5) is 12.7. The molecule has 1 aliphatic rings. The van der Waals surface area contributed by atoms with Gasteiger partial charge in [0, 0.05) is 6.07 Å². The maximum absolute atomic E-state index is 12.7. The van der Waals surface area contributed by atoms with Crippen molar-refractivity contribution in [2.45, 2.75) is 12.2 Å². The molecular weight excluding hydrogens is 372 g/mol. The first-order valence-corrected chi connectivity index (χ1v) is 8.38. The lowest BCUT2D eigenvalue weighted by molar-refractivity contribution is 0.0291. The number of Topliss-reactive ketones (excluding diaryl/α,β-unsaturated/α-hetero) is 1. The average Bonchev–Trinajstić information content (AvgIpc) is 2.54. The van der Waals surface area contributed by atoms with Crippen LogP contribution >= 0.6 is 0 Å². The highest BCUT2D eigenvalue weighted by atomic mass is 32.3. The Morgan fingerprint density at radius 3 is 2.35 bits per heavy atom. The van der Waals surface area contributed by atoms with Crippen LogP contribution in [0.4, 0.5) is 0 Å². The van der Waals surface area contributed by atoms with E-state index in [1.807, 2.05) is 0 Å². The van der Waals surface area contributed by atoms with Crippen LogP contribution in [0.3, 0.4) is 0 Å². The van der Waals surface area contributed by atoms with Crippen LogP contribution in [0.1, 0.15) is 22.0 Å². The van der Waals surface area contributed by atoms with E-state index in [1.54, 1.807) is 0 Å². The number of carbonyl (C=O) groups excluding carboxylic acids is 1. The molecule has 3 rings (SSSR count). The average molecular weight is 384 g/mol. The molecule has 2 aromatic rings. The van der Waals surface area contributed by atoms with Crippen LogP contribution in [0.2, 0.25) is 0 Å². The summed E-state index contributed by atoms with van der Waals surface area (Å²) >= 11 is 0. The Morgan fingerprint density at radius 2 is 1.73 bits per heavy atom. The van der Waals surface area contributed by atoms with E-state index in [1.165, 1.54) is 24.3 Å². The number of ketones is 1. The third-order valence-corrected chi connectivity index (χ3v) is 4.13. The quantitative estimate of drug-likeness (QED) is 0.380. The fourth-order valence-electron chi connectivity index (χ4n) is 2.60. The number of aromatic hydroxyl groups is 4. The highest BCUT2D eigenvalue weighted by molar-refractivity contribution is 7.80. The summed E-state index contributed by atoms with van der Waals surface area (Å²) in [5, 5.41) is 38.6. The molecule has 0 spiro atoms. The van der Waals surface area contributed by atoms with E-state index in [0.717, 1.165) is 6.07 Å².